The summed E-state index contributed by atoms with van der Waals surface area (Å²) in [5.74, 6) is 0.498. The molecule has 0 amide bonds. The number of para-hydroxylation sites is 1. The fraction of sp³-hybridized carbons (Fsp3) is 0.385. The molecule has 2 heterocycles. The first-order valence-corrected chi connectivity index (χ1v) is 14.4. The van der Waals surface area contributed by atoms with Crippen LogP contribution in [0.5, 0.6) is 5.75 Å². The van der Waals surface area contributed by atoms with Gasteiger partial charge in [0.15, 0.2) is 17.0 Å². The van der Waals surface area contributed by atoms with E-state index >= 15 is 0 Å². The first kappa shape index (κ1) is 26.9. The van der Waals surface area contributed by atoms with Gasteiger partial charge in [0, 0.05) is 12.0 Å². The van der Waals surface area contributed by atoms with Crippen LogP contribution in [0, 0.1) is 5.92 Å². The Hall–Kier alpha value is -3.73. The van der Waals surface area contributed by atoms with E-state index in [4.69, 9.17) is 19.5 Å². The zero-order valence-electron chi connectivity index (χ0n) is 21.6. The summed E-state index contributed by atoms with van der Waals surface area (Å²) in [5, 5.41) is 6.06. The molecule has 1 aromatic carbocycles. The van der Waals surface area contributed by atoms with Crippen molar-refractivity contribution in [2.24, 2.45) is 5.92 Å². The Morgan fingerprint density at radius 2 is 2.08 bits per heavy atom. The fourth-order valence-corrected chi connectivity index (χ4v) is 5.79. The Morgan fingerprint density at radius 3 is 2.82 bits per heavy atom. The van der Waals surface area contributed by atoms with Crippen molar-refractivity contribution in [2.45, 2.75) is 44.3 Å². The maximum absolute atomic E-state index is 13.7. The molecule has 0 aliphatic heterocycles. The number of nitrogens with one attached hydrogen (secondary N) is 2. The number of hydrogen-bond donors (Lipinski definition) is 3. The Balaban J connectivity index is 1.26. The molecular weight excluding hydrogens is 521 g/mol. The third-order valence-electron chi connectivity index (χ3n) is 6.34. The highest BCUT2D eigenvalue weighted by molar-refractivity contribution is 7.52. The number of benzene rings is 1. The largest absolute Gasteiger partial charge is 0.460 e. The molecule has 2 aliphatic carbocycles. The molecule has 0 unspecified atom stereocenters. The Kier molecular flexibility index (Phi) is 7.97. The number of nitrogens with zero attached hydrogens (tertiary/aromatic N) is 4. The third-order valence-corrected chi connectivity index (χ3v) is 7.98. The Labute approximate surface area is 226 Å². The summed E-state index contributed by atoms with van der Waals surface area (Å²) in [6.07, 6.45) is 10.1. The minimum Gasteiger partial charge on any atom is -0.460 e. The van der Waals surface area contributed by atoms with Gasteiger partial charge in [-0.25, -0.2) is 9.55 Å². The van der Waals surface area contributed by atoms with Gasteiger partial charge in [0.05, 0.1) is 19.0 Å². The number of allylic oxidation sites excluding steroid dienone is 1. The van der Waals surface area contributed by atoms with E-state index in [0.29, 0.717) is 35.2 Å². The summed E-state index contributed by atoms with van der Waals surface area (Å²) in [4.78, 5) is 25.6. The number of esters is 1. The maximum Gasteiger partial charge on any atom is 0.459 e. The van der Waals surface area contributed by atoms with Crippen molar-refractivity contribution in [3.8, 4) is 5.75 Å². The first-order valence-electron chi connectivity index (χ1n) is 12.8. The predicted octanol–water partition coefficient (Wildman–Crippen LogP) is 4.01. The molecule has 1 saturated carbocycles. The molecule has 2 aliphatic rings. The Morgan fingerprint density at radius 1 is 1.28 bits per heavy atom. The highest BCUT2D eigenvalue weighted by Gasteiger charge is 2.34. The van der Waals surface area contributed by atoms with Crippen molar-refractivity contribution >= 4 is 36.6 Å². The van der Waals surface area contributed by atoms with Crippen LogP contribution in [0.4, 0.5) is 11.8 Å². The second kappa shape index (κ2) is 11.6. The van der Waals surface area contributed by atoms with Gasteiger partial charge in [-0.1, -0.05) is 43.0 Å². The van der Waals surface area contributed by atoms with Gasteiger partial charge in [0.2, 0.25) is 5.95 Å². The second-order valence-corrected chi connectivity index (χ2v) is 11.3. The summed E-state index contributed by atoms with van der Waals surface area (Å²) in [6, 6.07) is 8.05. The number of carbonyl (C=O) groups excluding carboxylic acids is 1. The van der Waals surface area contributed by atoms with E-state index in [1.165, 1.54) is 13.0 Å². The van der Waals surface area contributed by atoms with Crippen LogP contribution in [0.3, 0.4) is 0 Å². The lowest BCUT2D eigenvalue weighted by atomic mass is 10.1. The van der Waals surface area contributed by atoms with E-state index in [9.17, 15) is 9.36 Å². The number of fused-ring (bicyclic) bond motifs is 1. The molecule has 39 heavy (non-hydrogen) atoms. The second-order valence-electron chi connectivity index (χ2n) is 9.59. The monoisotopic (exact) mass is 553 g/mol. The molecule has 4 N–H and O–H groups in total. The molecule has 4 atom stereocenters. The van der Waals surface area contributed by atoms with E-state index in [2.05, 4.69) is 31.9 Å². The van der Waals surface area contributed by atoms with Gasteiger partial charge in [-0.3, -0.25) is 9.32 Å². The normalized spacial score (nSPS) is 20.8. The molecule has 2 aromatic heterocycles. The summed E-state index contributed by atoms with van der Waals surface area (Å²) in [7, 11) is -3.95. The van der Waals surface area contributed by atoms with Crippen molar-refractivity contribution in [1.29, 1.82) is 0 Å². The number of rotatable bonds is 13. The molecule has 13 heteroatoms. The standard InChI is InChI=1S/C26H32N7O5P/c1-3-13-36-25(34)17(2)32-39(35,38-21-7-5-4-6-8-21)37-15-18-9-12-20(14-18)33-16-28-22-23(29-19-10-11-19)30-26(27)31-24(22)33/h3-9,12,16-20H,1,10-11,13-15H2,2H3,(H,32,35)(H3,27,29,30,31)/t17-,18+,20-,39-/m0/s1. The number of carbonyl (C=O) groups is 1. The lowest BCUT2D eigenvalue weighted by Crippen LogP contribution is -2.35. The van der Waals surface area contributed by atoms with Gasteiger partial charge in [0.1, 0.15) is 18.4 Å². The smallest absolute Gasteiger partial charge is 0.459 e. The summed E-state index contributed by atoms with van der Waals surface area (Å²) >= 11 is 0. The molecule has 3 aromatic rings. The van der Waals surface area contributed by atoms with Crippen molar-refractivity contribution in [2.75, 3.05) is 24.3 Å². The molecule has 0 radical (unpaired) electrons. The third kappa shape index (κ3) is 6.65. The minimum atomic E-state index is -3.95. The molecule has 1 fully saturated rings. The number of nitrogen functional groups attached to an aromatic ring is 1. The van der Waals surface area contributed by atoms with Crippen LogP contribution in [-0.2, 0) is 18.6 Å². The van der Waals surface area contributed by atoms with Gasteiger partial charge in [0.25, 0.3) is 0 Å². The van der Waals surface area contributed by atoms with Crippen LogP contribution in [0.15, 0.2) is 61.5 Å². The zero-order valence-corrected chi connectivity index (χ0v) is 22.5. The number of nitrogens with two attached hydrogens (primary N) is 1. The molecular formula is C26H32N7O5P. The molecule has 5 rings (SSSR count). The maximum atomic E-state index is 13.7. The van der Waals surface area contributed by atoms with E-state index in [-0.39, 0.29) is 31.1 Å². The lowest BCUT2D eigenvalue weighted by Gasteiger charge is -2.24. The fourth-order valence-electron chi connectivity index (χ4n) is 4.24. The minimum absolute atomic E-state index is 0.0431. The number of ether oxygens (including phenoxy) is 1. The van der Waals surface area contributed by atoms with E-state index in [1.807, 2.05) is 22.8 Å². The van der Waals surface area contributed by atoms with E-state index in [1.54, 1.807) is 30.6 Å². The van der Waals surface area contributed by atoms with Crippen molar-refractivity contribution < 1.29 is 23.1 Å². The predicted molar refractivity (Wildman–Crippen MR) is 147 cm³/mol. The van der Waals surface area contributed by atoms with Crippen molar-refractivity contribution in [1.82, 2.24) is 24.6 Å². The molecule has 12 nitrogen and oxygen atoms in total. The average Bonchev–Trinajstić information content (AvgIpc) is 3.43. The van der Waals surface area contributed by atoms with Crippen molar-refractivity contribution in [3.05, 3.63) is 61.5 Å². The quantitative estimate of drug-likeness (QED) is 0.160. The average molecular weight is 554 g/mol. The zero-order chi connectivity index (χ0) is 27.4. The number of aromatic nitrogens is 4. The van der Waals surface area contributed by atoms with Crippen LogP contribution in [0.25, 0.3) is 11.2 Å². The molecule has 206 valence electrons. The SMILES string of the molecule is C=CCOC(=O)[C@H](C)N[P@](=O)(OC[C@@H]1C=C[C@H](n2cnc3c(NC4CC4)nc(N)nc32)C1)Oc1ccccc1. The summed E-state index contributed by atoms with van der Waals surface area (Å²) in [6.45, 7) is 5.20. The molecule has 0 bridgehead atoms. The molecule has 0 saturated heterocycles. The van der Waals surface area contributed by atoms with Crippen LogP contribution in [0.2, 0.25) is 0 Å². The van der Waals surface area contributed by atoms with E-state index < -0.39 is 19.8 Å². The Bertz CT molecular complexity index is 1410. The number of hydrogen-bond acceptors (Lipinski definition) is 10. The summed E-state index contributed by atoms with van der Waals surface area (Å²) in [5.41, 5.74) is 7.31. The van der Waals surface area contributed by atoms with Gasteiger partial charge in [-0.05, 0) is 38.3 Å². The van der Waals surface area contributed by atoms with Crippen molar-refractivity contribution in [3.63, 3.8) is 0 Å². The van der Waals surface area contributed by atoms with Crippen LogP contribution >= 0.6 is 7.75 Å². The van der Waals surface area contributed by atoms with Gasteiger partial charge < -0.3 is 24.9 Å². The first-order chi connectivity index (χ1) is 18.8. The van der Waals surface area contributed by atoms with Crippen LogP contribution in [0.1, 0.15) is 32.2 Å². The highest BCUT2D eigenvalue weighted by atomic mass is 31.2. The highest BCUT2D eigenvalue weighted by Crippen LogP contribution is 2.46. The van der Waals surface area contributed by atoms with E-state index in [0.717, 1.165) is 12.8 Å². The topological polar surface area (TPSA) is 156 Å². The van der Waals surface area contributed by atoms with Gasteiger partial charge >= 0.3 is 13.7 Å². The summed E-state index contributed by atoms with van der Waals surface area (Å²) < 4.78 is 32.3. The van der Waals surface area contributed by atoms with Gasteiger partial charge in [-0.2, -0.15) is 15.1 Å². The molecule has 0 spiro atoms. The van der Waals surface area contributed by atoms with Gasteiger partial charge in [-0.15, -0.1) is 0 Å². The number of imidazole rings is 1. The lowest BCUT2D eigenvalue weighted by molar-refractivity contribution is -0.144. The van der Waals surface area contributed by atoms with Crippen LogP contribution < -0.4 is 20.7 Å². The van der Waals surface area contributed by atoms with Crippen LogP contribution in [-0.4, -0.2) is 50.8 Å². The number of anilines is 2.